The summed E-state index contributed by atoms with van der Waals surface area (Å²) in [6, 6.07) is 6.75. The molecule has 6 nitrogen and oxygen atoms in total. The Hall–Kier alpha value is -2.89. The number of fused-ring (bicyclic) bond motifs is 1. The molecule has 1 aromatic carbocycles. The van der Waals surface area contributed by atoms with E-state index < -0.39 is 0 Å². The Morgan fingerprint density at radius 2 is 2.15 bits per heavy atom. The van der Waals surface area contributed by atoms with Gasteiger partial charge in [0.2, 0.25) is 5.88 Å². The summed E-state index contributed by atoms with van der Waals surface area (Å²) in [5.41, 5.74) is 1.28. The smallest absolute Gasteiger partial charge is 0.258 e. The summed E-state index contributed by atoms with van der Waals surface area (Å²) < 4.78 is 5.19. The van der Waals surface area contributed by atoms with Crippen LogP contribution in [0.5, 0.6) is 11.6 Å². The fourth-order valence-electron chi connectivity index (χ4n) is 2.09. The second-order valence-electron chi connectivity index (χ2n) is 4.18. The van der Waals surface area contributed by atoms with Crippen molar-refractivity contribution in [2.24, 2.45) is 0 Å². The molecule has 0 saturated carbocycles. The van der Waals surface area contributed by atoms with Crippen molar-refractivity contribution in [3.05, 3.63) is 47.1 Å². The highest BCUT2D eigenvalue weighted by atomic mass is 16.5. The van der Waals surface area contributed by atoms with Crippen LogP contribution in [-0.4, -0.2) is 27.2 Å². The molecule has 2 heterocycles. The number of methoxy groups -OCH3 is 1. The number of aromatic nitrogens is 3. The van der Waals surface area contributed by atoms with E-state index in [1.54, 1.807) is 24.4 Å². The van der Waals surface area contributed by atoms with Crippen LogP contribution in [0.4, 0.5) is 0 Å². The third-order valence-corrected chi connectivity index (χ3v) is 3.00. The molecule has 3 aromatic rings. The minimum atomic E-state index is -0.310. The second kappa shape index (κ2) is 4.65. The van der Waals surface area contributed by atoms with Crippen LogP contribution in [0, 0.1) is 0 Å². The molecule has 3 rings (SSSR count). The summed E-state index contributed by atoms with van der Waals surface area (Å²) in [7, 11) is 1.51. The van der Waals surface area contributed by atoms with E-state index in [-0.39, 0.29) is 16.8 Å². The van der Waals surface area contributed by atoms with Gasteiger partial charge in [-0.15, -0.1) is 0 Å². The fraction of sp³-hybridized carbons (Fsp3) is 0.0714. The third kappa shape index (κ3) is 1.87. The Bertz CT molecular complexity index is 842. The largest absolute Gasteiger partial charge is 0.506 e. The van der Waals surface area contributed by atoms with E-state index in [0.29, 0.717) is 22.4 Å². The van der Waals surface area contributed by atoms with E-state index in [4.69, 9.17) is 4.74 Å². The molecule has 2 N–H and O–H groups in total. The highest BCUT2D eigenvalue weighted by molar-refractivity contribution is 5.89. The molecule has 100 valence electrons. The molecule has 2 aromatic heterocycles. The van der Waals surface area contributed by atoms with Crippen LogP contribution in [0.2, 0.25) is 0 Å². The van der Waals surface area contributed by atoms with Gasteiger partial charge in [0.25, 0.3) is 5.56 Å². The number of phenols is 1. The summed E-state index contributed by atoms with van der Waals surface area (Å²) in [5, 5.41) is 10.3. The number of hydrogen-bond acceptors (Lipinski definition) is 5. The van der Waals surface area contributed by atoms with Crippen LogP contribution in [0.1, 0.15) is 0 Å². The van der Waals surface area contributed by atoms with Gasteiger partial charge in [-0.25, -0.2) is 9.97 Å². The van der Waals surface area contributed by atoms with Crippen LogP contribution in [0.15, 0.2) is 41.6 Å². The molecule has 6 heteroatoms. The maximum Gasteiger partial charge on any atom is 0.258 e. The molecule has 20 heavy (non-hydrogen) atoms. The predicted molar refractivity (Wildman–Crippen MR) is 73.8 cm³/mol. The van der Waals surface area contributed by atoms with Crippen molar-refractivity contribution in [2.75, 3.05) is 7.11 Å². The molecule has 0 bridgehead atoms. The zero-order valence-corrected chi connectivity index (χ0v) is 10.6. The van der Waals surface area contributed by atoms with Crippen molar-refractivity contribution >= 4 is 10.9 Å². The van der Waals surface area contributed by atoms with E-state index in [0.717, 1.165) is 0 Å². The van der Waals surface area contributed by atoms with Crippen molar-refractivity contribution in [1.29, 1.82) is 0 Å². The van der Waals surface area contributed by atoms with Gasteiger partial charge in [0.1, 0.15) is 11.3 Å². The van der Waals surface area contributed by atoms with Gasteiger partial charge in [0, 0.05) is 11.8 Å². The number of H-pyrrole nitrogens is 1. The SMILES string of the molecule is COc1ncccc1-c1cc(O)c2nc[nH]c(=O)c2c1. The maximum absolute atomic E-state index is 11.8. The van der Waals surface area contributed by atoms with E-state index in [2.05, 4.69) is 15.0 Å². The number of benzene rings is 1. The molecular formula is C14H11N3O3. The Balaban J connectivity index is 2.33. The number of rotatable bonds is 2. The fourth-order valence-corrected chi connectivity index (χ4v) is 2.09. The van der Waals surface area contributed by atoms with Gasteiger partial charge in [-0.2, -0.15) is 0 Å². The van der Waals surface area contributed by atoms with Crippen LogP contribution in [0.3, 0.4) is 0 Å². The summed E-state index contributed by atoms with van der Waals surface area (Å²) in [4.78, 5) is 22.4. The zero-order valence-electron chi connectivity index (χ0n) is 10.6. The van der Waals surface area contributed by atoms with Crippen molar-refractivity contribution in [1.82, 2.24) is 15.0 Å². The molecule has 0 unspecified atom stereocenters. The number of phenolic OH excluding ortho intramolecular Hbond substituents is 1. The van der Waals surface area contributed by atoms with Crippen LogP contribution in [0.25, 0.3) is 22.0 Å². The standard InChI is InChI=1S/C14H11N3O3/c1-20-14-9(3-2-4-15-14)8-5-10-12(11(18)6-8)16-7-17-13(10)19/h2-7,18H,1H3,(H,16,17,19). The minimum absolute atomic E-state index is 0.0606. The second-order valence-corrected chi connectivity index (χ2v) is 4.18. The normalized spacial score (nSPS) is 10.7. The summed E-state index contributed by atoms with van der Waals surface area (Å²) in [6.45, 7) is 0. The molecular weight excluding hydrogens is 258 g/mol. The lowest BCUT2D eigenvalue weighted by atomic mass is 10.0. The van der Waals surface area contributed by atoms with Gasteiger partial charge in [-0.3, -0.25) is 4.79 Å². The number of pyridine rings is 1. The summed E-state index contributed by atoms with van der Waals surface area (Å²) in [6.07, 6.45) is 2.87. The molecule has 0 aliphatic heterocycles. The highest BCUT2D eigenvalue weighted by Gasteiger charge is 2.12. The number of ether oxygens (including phenoxy) is 1. The van der Waals surface area contributed by atoms with Crippen molar-refractivity contribution in [3.63, 3.8) is 0 Å². The average molecular weight is 269 g/mol. The first-order chi connectivity index (χ1) is 9.70. The average Bonchev–Trinajstić information content (AvgIpc) is 2.48. The number of aromatic amines is 1. The quantitative estimate of drug-likeness (QED) is 0.739. The maximum atomic E-state index is 11.8. The van der Waals surface area contributed by atoms with E-state index in [1.807, 2.05) is 0 Å². The zero-order chi connectivity index (χ0) is 14.1. The van der Waals surface area contributed by atoms with Gasteiger partial charge in [0.15, 0.2) is 0 Å². The van der Waals surface area contributed by atoms with Crippen molar-refractivity contribution in [2.45, 2.75) is 0 Å². The van der Waals surface area contributed by atoms with E-state index in [1.165, 1.54) is 19.5 Å². The molecule has 0 saturated heterocycles. The Labute approximate surface area is 113 Å². The van der Waals surface area contributed by atoms with Gasteiger partial charge in [0.05, 0.1) is 18.8 Å². The molecule has 0 aliphatic carbocycles. The molecule has 0 spiro atoms. The van der Waals surface area contributed by atoms with Crippen LogP contribution in [-0.2, 0) is 0 Å². The predicted octanol–water partition coefficient (Wildman–Crippen LogP) is 1.70. The van der Waals surface area contributed by atoms with Gasteiger partial charge >= 0.3 is 0 Å². The number of aromatic hydroxyl groups is 1. The van der Waals surface area contributed by atoms with Gasteiger partial charge in [-0.05, 0) is 29.8 Å². The Morgan fingerprint density at radius 1 is 1.30 bits per heavy atom. The highest BCUT2D eigenvalue weighted by Crippen LogP contribution is 2.32. The lowest BCUT2D eigenvalue weighted by Crippen LogP contribution is -2.06. The summed E-state index contributed by atoms with van der Waals surface area (Å²) in [5.74, 6) is 0.362. The first-order valence-corrected chi connectivity index (χ1v) is 5.90. The minimum Gasteiger partial charge on any atom is -0.506 e. The van der Waals surface area contributed by atoms with Gasteiger partial charge in [-0.1, -0.05) is 0 Å². The monoisotopic (exact) mass is 269 g/mol. The molecule has 0 aliphatic rings. The number of nitrogens with one attached hydrogen (secondary N) is 1. The van der Waals surface area contributed by atoms with E-state index in [9.17, 15) is 9.90 Å². The Kier molecular flexibility index (Phi) is 2.83. The topological polar surface area (TPSA) is 88.1 Å². The lowest BCUT2D eigenvalue weighted by Gasteiger charge is -2.08. The molecule has 0 amide bonds. The lowest BCUT2D eigenvalue weighted by molar-refractivity contribution is 0.399. The van der Waals surface area contributed by atoms with Crippen LogP contribution >= 0.6 is 0 Å². The molecule has 0 radical (unpaired) electrons. The van der Waals surface area contributed by atoms with Crippen LogP contribution < -0.4 is 10.3 Å². The van der Waals surface area contributed by atoms with Crippen molar-refractivity contribution < 1.29 is 9.84 Å². The Morgan fingerprint density at radius 3 is 2.95 bits per heavy atom. The van der Waals surface area contributed by atoms with Gasteiger partial charge < -0.3 is 14.8 Å². The first-order valence-electron chi connectivity index (χ1n) is 5.90. The summed E-state index contributed by atoms with van der Waals surface area (Å²) >= 11 is 0. The number of nitrogens with zero attached hydrogens (tertiary/aromatic N) is 2. The molecule has 0 fully saturated rings. The third-order valence-electron chi connectivity index (χ3n) is 3.00. The number of hydrogen-bond donors (Lipinski definition) is 2. The molecule has 0 atom stereocenters. The van der Waals surface area contributed by atoms with E-state index >= 15 is 0 Å². The van der Waals surface area contributed by atoms with Crippen molar-refractivity contribution in [3.8, 4) is 22.8 Å². The first kappa shape index (κ1) is 12.2.